The molecule has 0 aliphatic heterocycles. The summed E-state index contributed by atoms with van der Waals surface area (Å²) in [5.41, 5.74) is 5.70. The first-order valence-corrected chi connectivity index (χ1v) is 10.8. The predicted octanol–water partition coefficient (Wildman–Crippen LogP) is 6.42. The lowest BCUT2D eigenvalue weighted by Gasteiger charge is -2.18. The van der Waals surface area contributed by atoms with Gasteiger partial charge < -0.3 is 4.74 Å². The van der Waals surface area contributed by atoms with Gasteiger partial charge in [-0.25, -0.2) is 4.79 Å². The van der Waals surface area contributed by atoms with Gasteiger partial charge in [0.05, 0.1) is 12.2 Å². The van der Waals surface area contributed by atoms with Gasteiger partial charge in [0, 0.05) is 0 Å². The molecule has 32 heavy (non-hydrogen) atoms. The van der Waals surface area contributed by atoms with E-state index in [-0.39, 0.29) is 11.1 Å². The van der Waals surface area contributed by atoms with Crippen molar-refractivity contribution in [2.75, 3.05) is 0 Å². The van der Waals surface area contributed by atoms with Crippen LogP contribution in [0.25, 0.3) is 11.3 Å². The van der Waals surface area contributed by atoms with Gasteiger partial charge in [0.25, 0.3) is 0 Å². The van der Waals surface area contributed by atoms with Crippen LogP contribution < -0.4 is 4.74 Å². The van der Waals surface area contributed by atoms with Crippen LogP contribution in [-0.2, 0) is 12.0 Å². The van der Waals surface area contributed by atoms with Crippen LogP contribution in [0.15, 0.2) is 84.9 Å². The van der Waals surface area contributed by atoms with Crippen LogP contribution >= 0.6 is 0 Å². The van der Waals surface area contributed by atoms with Crippen LogP contribution in [-0.4, -0.2) is 15.7 Å². The molecule has 0 fully saturated rings. The minimum Gasteiger partial charge on any atom is -0.422 e. The number of aryl methyl sites for hydroxylation is 1. The Labute approximate surface area is 189 Å². The lowest BCUT2D eigenvalue weighted by molar-refractivity contribution is 0.0727. The molecule has 0 aliphatic carbocycles. The summed E-state index contributed by atoms with van der Waals surface area (Å²) < 4.78 is 7.49. The maximum absolute atomic E-state index is 12.9. The van der Waals surface area contributed by atoms with Gasteiger partial charge >= 0.3 is 5.97 Å². The molecule has 0 N–H and O–H groups in total. The Morgan fingerprint density at radius 1 is 0.906 bits per heavy atom. The Morgan fingerprint density at radius 2 is 1.56 bits per heavy atom. The van der Waals surface area contributed by atoms with Crippen molar-refractivity contribution in [3.8, 4) is 17.0 Å². The molecule has 0 unspecified atom stereocenters. The number of carbonyl (C=O) groups is 1. The molecule has 4 aromatic rings. The quantitative estimate of drug-likeness (QED) is 0.274. The standard InChI is InChI=1S/C28H28N2O2/c1-20-10-12-22(13-11-20)26-18-25(29-30(26)19-21-8-6-5-7-9-21)27(31)32-24-16-14-23(15-17-24)28(2,3)4/h5-18H,19H2,1-4H3. The summed E-state index contributed by atoms with van der Waals surface area (Å²) in [5, 5.41) is 4.60. The fourth-order valence-corrected chi connectivity index (χ4v) is 3.53. The summed E-state index contributed by atoms with van der Waals surface area (Å²) in [6, 6.07) is 27.8. The van der Waals surface area contributed by atoms with Crippen molar-refractivity contribution in [3.05, 3.63) is 107 Å². The van der Waals surface area contributed by atoms with E-state index in [4.69, 9.17) is 4.74 Å². The van der Waals surface area contributed by atoms with Crippen molar-refractivity contribution in [2.24, 2.45) is 0 Å². The van der Waals surface area contributed by atoms with E-state index in [9.17, 15) is 4.79 Å². The molecule has 0 radical (unpaired) electrons. The minimum atomic E-state index is -0.464. The molecule has 162 valence electrons. The van der Waals surface area contributed by atoms with Gasteiger partial charge in [0.2, 0.25) is 0 Å². The van der Waals surface area contributed by atoms with E-state index in [0.717, 1.165) is 16.8 Å². The Balaban J connectivity index is 1.62. The van der Waals surface area contributed by atoms with E-state index >= 15 is 0 Å². The molecule has 0 spiro atoms. The molecule has 0 saturated carbocycles. The van der Waals surface area contributed by atoms with Crippen LogP contribution in [0.1, 0.15) is 48.0 Å². The molecule has 3 aromatic carbocycles. The molecule has 4 heteroatoms. The first kappa shape index (κ1) is 21.6. The predicted molar refractivity (Wildman–Crippen MR) is 128 cm³/mol. The Morgan fingerprint density at radius 3 is 2.19 bits per heavy atom. The molecular formula is C28H28N2O2. The lowest BCUT2D eigenvalue weighted by atomic mass is 9.87. The van der Waals surface area contributed by atoms with Crippen molar-refractivity contribution < 1.29 is 9.53 Å². The second-order valence-corrected chi connectivity index (χ2v) is 9.09. The largest absolute Gasteiger partial charge is 0.422 e. The van der Waals surface area contributed by atoms with Gasteiger partial charge in [-0.2, -0.15) is 5.10 Å². The highest BCUT2D eigenvalue weighted by atomic mass is 16.5. The second kappa shape index (κ2) is 8.83. The molecule has 1 heterocycles. The number of hydrogen-bond donors (Lipinski definition) is 0. The molecular weight excluding hydrogens is 396 g/mol. The third-order valence-electron chi connectivity index (χ3n) is 5.44. The lowest BCUT2D eigenvalue weighted by Crippen LogP contribution is -2.12. The molecule has 0 saturated heterocycles. The van der Waals surface area contributed by atoms with Gasteiger partial charge in [-0.15, -0.1) is 0 Å². The van der Waals surface area contributed by atoms with E-state index in [0.29, 0.717) is 12.3 Å². The summed E-state index contributed by atoms with van der Waals surface area (Å²) in [4.78, 5) is 12.9. The van der Waals surface area contributed by atoms with E-state index < -0.39 is 5.97 Å². The Hall–Kier alpha value is -3.66. The van der Waals surface area contributed by atoms with Gasteiger partial charge in [-0.3, -0.25) is 4.68 Å². The molecule has 1 aromatic heterocycles. The summed E-state index contributed by atoms with van der Waals surface area (Å²) >= 11 is 0. The summed E-state index contributed by atoms with van der Waals surface area (Å²) in [5.74, 6) is 0.0474. The van der Waals surface area contributed by atoms with Crippen LogP contribution in [0.5, 0.6) is 5.75 Å². The minimum absolute atomic E-state index is 0.0433. The monoisotopic (exact) mass is 424 g/mol. The maximum atomic E-state index is 12.9. The molecule has 0 aliphatic rings. The number of carbonyl (C=O) groups excluding carboxylic acids is 1. The maximum Gasteiger partial charge on any atom is 0.364 e. The number of aromatic nitrogens is 2. The normalized spacial score (nSPS) is 11.4. The van der Waals surface area contributed by atoms with Gasteiger partial charge in [0.1, 0.15) is 5.75 Å². The van der Waals surface area contributed by atoms with Crippen molar-refractivity contribution in [1.29, 1.82) is 0 Å². The molecule has 0 atom stereocenters. The third-order valence-corrected chi connectivity index (χ3v) is 5.44. The van der Waals surface area contributed by atoms with Crippen LogP contribution in [0.4, 0.5) is 0 Å². The Bertz CT molecular complexity index is 1200. The molecule has 0 bridgehead atoms. The van der Waals surface area contributed by atoms with Crippen molar-refractivity contribution in [2.45, 2.75) is 39.7 Å². The van der Waals surface area contributed by atoms with Gasteiger partial charge in [0.15, 0.2) is 5.69 Å². The average molecular weight is 425 g/mol. The molecule has 4 rings (SSSR count). The second-order valence-electron chi connectivity index (χ2n) is 9.09. The van der Waals surface area contributed by atoms with E-state index in [1.54, 1.807) is 6.07 Å². The van der Waals surface area contributed by atoms with E-state index in [1.165, 1.54) is 11.1 Å². The zero-order valence-electron chi connectivity index (χ0n) is 19.0. The molecule has 4 nitrogen and oxygen atoms in total. The number of benzene rings is 3. The van der Waals surface area contributed by atoms with Crippen molar-refractivity contribution in [3.63, 3.8) is 0 Å². The SMILES string of the molecule is Cc1ccc(-c2cc(C(=O)Oc3ccc(C(C)(C)C)cc3)nn2Cc2ccccc2)cc1. The topological polar surface area (TPSA) is 44.1 Å². The highest BCUT2D eigenvalue weighted by Crippen LogP contribution is 2.26. The summed E-state index contributed by atoms with van der Waals surface area (Å²) in [6.07, 6.45) is 0. The molecule has 0 amide bonds. The first-order valence-electron chi connectivity index (χ1n) is 10.8. The fourth-order valence-electron chi connectivity index (χ4n) is 3.53. The zero-order chi connectivity index (χ0) is 22.7. The van der Waals surface area contributed by atoms with E-state index in [1.807, 2.05) is 59.3 Å². The zero-order valence-corrected chi connectivity index (χ0v) is 19.0. The fraction of sp³-hybridized carbons (Fsp3) is 0.214. The number of hydrogen-bond acceptors (Lipinski definition) is 3. The van der Waals surface area contributed by atoms with Crippen molar-refractivity contribution in [1.82, 2.24) is 9.78 Å². The number of nitrogens with zero attached hydrogens (tertiary/aromatic N) is 2. The smallest absolute Gasteiger partial charge is 0.364 e. The van der Waals surface area contributed by atoms with E-state index in [2.05, 4.69) is 57.1 Å². The van der Waals surface area contributed by atoms with Crippen molar-refractivity contribution >= 4 is 5.97 Å². The Kier molecular flexibility index (Phi) is 5.95. The highest BCUT2D eigenvalue weighted by molar-refractivity contribution is 5.90. The summed E-state index contributed by atoms with van der Waals surface area (Å²) in [6.45, 7) is 9.08. The first-order chi connectivity index (χ1) is 15.3. The van der Waals surface area contributed by atoms with Crippen LogP contribution in [0.3, 0.4) is 0 Å². The van der Waals surface area contributed by atoms with Gasteiger partial charge in [-0.05, 0) is 47.2 Å². The summed E-state index contributed by atoms with van der Waals surface area (Å²) in [7, 11) is 0. The number of rotatable bonds is 5. The third kappa shape index (κ3) is 4.97. The van der Waals surface area contributed by atoms with Crippen LogP contribution in [0, 0.1) is 6.92 Å². The number of ether oxygens (including phenoxy) is 1. The van der Waals surface area contributed by atoms with Crippen LogP contribution in [0.2, 0.25) is 0 Å². The van der Waals surface area contributed by atoms with Gasteiger partial charge in [-0.1, -0.05) is 93.1 Å². The highest BCUT2D eigenvalue weighted by Gasteiger charge is 2.19. The number of esters is 1. The average Bonchev–Trinajstić information content (AvgIpc) is 3.19.